The van der Waals surface area contributed by atoms with Gasteiger partial charge in [-0.1, -0.05) is 17.0 Å². The quantitative estimate of drug-likeness (QED) is 0.838. The summed E-state index contributed by atoms with van der Waals surface area (Å²) in [5.74, 6) is -0.139. The number of carbonyl (C=O) groups is 1. The number of aromatic nitrogens is 4. The molecule has 0 amide bonds. The van der Waals surface area contributed by atoms with Crippen molar-refractivity contribution in [2.24, 2.45) is 7.05 Å². The van der Waals surface area contributed by atoms with Crippen molar-refractivity contribution in [3.05, 3.63) is 22.5 Å². The molecule has 0 aliphatic heterocycles. The van der Waals surface area contributed by atoms with E-state index in [4.69, 9.17) is 5.11 Å². The number of thiazole rings is 1. The number of aryl methyl sites for hydroxylation is 2. The van der Waals surface area contributed by atoms with Gasteiger partial charge in [-0.15, -0.1) is 16.4 Å². The summed E-state index contributed by atoms with van der Waals surface area (Å²) in [6, 6.07) is 0. The molecule has 0 aromatic carbocycles. The SMILES string of the molecule is Cc1nc(SCc2cn(C)nn2)sc1CC(=O)O. The zero-order valence-electron chi connectivity index (χ0n) is 9.95. The average molecular weight is 284 g/mol. The first-order valence-corrected chi connectivity index (χ1v) is 7.01. The van der Waals surface area contributed by atoms with E-state index in [-0.39, 0.29) is 6.42 Å². The molecule has 0 fully saturated rings. The van der Waals surface area contributed by atoms with Gasteiger partial charge in [-0.05, 0) is 6.92 Å². The first kappa shape index (κ1) is 13.0. The van der Waals surface area contributed by atoms with Crippen LogP contribution in [0.5, 0.6) is 0 Å². The van der Waals surface area contributed by atoms with Crippen LogP contribution in [0.1, 0.15) is 16.3 Å². The summed E-state index contributed by atoms with van der Waals surface area (Å²) in [5.41, 5.74) is 1.68. The van der Waals surface area contributed by atoms with Crippen molar-refractivity contribution in [1.29, 1.82) is 0 Å². The molecule has 2 aromatic heterocycles. The second-order valence-electron chi connectivity index (χ2n) is 3.73. The van der Waals surface area contributed by atoms with Gasteiger partial charge < -0.3 is 5.11 Å². The Morgan fingerprint density at radius 2 is 2.39 bits per heavy atom. The molecular formula is C10H12N4O2S2. The normalized spacial score (nSPS) is 10.8. The molecule has 0 bridgehead atoms. The molecule has 0 radical (unpaired) electrons. The van der Waals surface area contributed by atoms with Crippen molar-refractivity contribution in [2.45, 2.75) is 23.4 Å². The van der Waals surface area contributed by atoms with Gasteiger partial charge in [-0.25, -0.2) is 4.98 Å². The van der Waals surface area contributed by atoms with Gasteiger partial charge in [0.2, 0.25) is 0 Å². The summed E-state index contributed by atoms with van der Waals surface area (Å²) in [6.07, 6.45) is 1.89. The highest BCUT2D eigenvalue weighted by Crippen LogP contribution is 2.29. The summed E-state index contributed by atoms with van der Waals surface area (Å²) in [5, 5.41) is 16.6. The minimum Gasteiger partial charge on any atom is -0.481 e. The van der Waals surface area contributed by atoms with Crippen LogP contribution < -0.4 is 0 Å². The molecule has 0 saturated heterocycles. The van der Waals surface area contributed by atoms with Crippen LogP contribution in [0.3, 0.4) is 0 Å². The van der Waals surface area contributed by atoms with Crippen molar-refractivity contribution in [1.82, 2.24) is 20.0 Å². The van der Waals surface area contributed by atoms with E-state index in [9.17, 15) is 4.79 Å². The molecule has 18 heavy (non-hydrogen) atoms. The first-order chi connectivity index (χ1) is 8.54. The van der Waals surface area contributed by atoms with E-state index in [0.717, 1.165) is 20.6 Å². The highest BCUT2D eigenvalue weighted by molar-refractivity contribution is 8.00. The Bertz CT molecular complexity index is 564. The van der Waals surface area contributed by atoms with Crippen LogP contribution in [-0.2, 0) is 24.0 Å². The molecule has 8 heteroatoms. The fourth-order valence-corrected chi connectivity index (χ4v) is 3.46. The fourth-order valence-electron chi connectivity index (χ4n) is 1.36. The highest BCUT2D eigenvalue weighted by atomic mass is 32.2. The van der Waals surface area contributed by atoms with Crippen LogP contribution in [0.2, 0.25) is 0 Å². The number of thioether (sulfide) groups is 1. The lowest BCUT2D eigenvalue weighted by Gasteiger charge is -1.91. The van der Waals surface area contributed by atoms with Gasteiger partial charge in [0.1, 0.15) is 0 Å². The third-order valence-corrected chi connectivity index (χ3v) is 4.51. The van der Waals surface area contributed by atoms with E-state index in [2.05, 4.69) is 15.3 Å². The predicted octanol–water partition coefficient (Wildman–Crippen LogP) is 1.50. The number of carboxylic acids is 1. The summed E-state index contributed by atoms with van der Waals surface area (Å²) < 4.78 is 2.52. The monoisotopic (exact) mass is 284 g/mol. The van der Waals surface area contributed by atoms with Crippen molar-refractivity contribution < 1.29 is 9.90 Å². The largest absolute Gasteiger partial charge is 0.481 e. The molecular weight excluding hydrogens is 272 g/mol. The van der Waals surface area contributed by atoms with Crippen molar-refractivity contribution in [3.63, 3.8) is 0 Å². The van der Waals surface area contributed by atoms with Crippen LogP contribution in [0.15, 0.2) is 10.5 Å². The molecule has 6 nitrogen and oxygen atoms in total. The smallest absolute Gasteiger partial charge is 0.308 e. The summed E-state index contributed by atoms with van der Waals surface area (Å²) in [7, 11) is 1.82. The molecule has 1 N–H and O–H groups in total. The van der Waals surface area contributed by atoms with Gasteiger partial charge in [-0.3, -0.25) is 9.48 Å². The molecule has 2 heterocycles. The van der Waals surface area contributed by atoms with E-state index in [1.165, 1.54) is 11.3 Å². The molecule has 0 unspecified atom stereocenters. The van der Waals surface area contributed by atoms with Gasteiger partial charge in [0, 0.05) is 23.9 Å². The molecule has 2 rings (SSSR count). The minimum absolute atomic E-state index is 0.0369. The Kier molecular flexibility index (Phi) is 3.97. The number of carboxylic acid groups (broad SMARTS) is 1. The maximum Gasteiger partial charge on any atom is 0.308 e. The third-order valence-electron chi connectivity index (χ3n) is 2.18. The molecule has 0 spiro atoms. The molecule has 0 saturated carbocycles. The van der Waals surface area contributed by atoms with Gasteiger partial charge in [-0.2, -0.15) is 0 Å². The summed E-state index contributed by atoms with van der Waals surface area (Å²) >= 11 is 2.98. The summed E-state index contributed by atoms with van der Waals surface area (Å²) in [6.45, 7) is 1.83. The standard InChI is InChI=1S/C10H12N4O2S2/c1-6-8(3-9(15)16)18-10(11-6)17-5-7-4-14(2)13-12-7/h4H,3,5H2,1-2H3,(H,15,16). The minimum atomic E-state index is -0.827. The second kappa shape index (κ2) is 5.49. The van der Waals surface area contributed by atoms with Crippen LogP contribution in [-0.4, -0.2) is 31.1 Å². The second-order valence-corrected chi connectivity index (χ2v) is 6.04. The first-order valence-electron chi connectivity index (χ1n) is 5.20. The number of hydrogen-bond acceptors (Lipinski definition) is 6. The Morgan fingerprint density at radius 3 is 3.00 bits per heavy atom. The van der Waals surface area contributed by atoms with E-state index in [1.54, 1.807) is 16.4 Å². The van der Waals surface area contributed by atoms with E-state index >= 15 is 0 Å². The van der Waals surface area contributed by atoms with Gasteiger partial charge in [0.05, 0.1) is 17.8 Å². The molecule has 0 aliphatic rings. The van der Waals surface area contributed by atoms with Crippen LogP contribution >= 0.6 is 23.1 Å². The topological polar surface area (TPSA) is 80.9 Å². The van der Waals surface area contributed by atoms with E-state index in [0.29, 0.717) is 5.75 Å². The van der Waals surface area contributed by atoms with E-state index < -0.39 is 5.97 Å². The van der Waals surface area contributed by atoms with Crippen molar-refractivity contribution in [2.75, 3.05) is 0 Å². The number of rotatable bonds is 5. The number of hydrogen-bond donors (Lipinski definition) is 1. The number of nitrogens with zero attached hydrogens (tertiary/aromatic N) is 4. The predicted molar refractivity (Wildman–Crippen MR) is 68.8 cm³/mol. The Labute approximate surface area is 112 Å². The number of aliphatic carboxylic acids is 1. The Morgan fingerprint density at radius 1 is 1.61 bits per heavy atom. The lowest BCUT2D eigenvalue weighted by Crippen LogP contribution is -1.99. The fraction of sp³-hybridized carbons (Fsp3) is 0.400. The Balaban J connectivity index is 1.99. The molecule has 2 aromatic rings. The average Bonchev–Trinajstić information content (AvgIpc) is 2.83. The zero-order chi connectivity index (χ0) is 13.1. The van der Waals surface area contributed by atoms with Gasteiger partial charge in [0.15, 0.2) is 4.34 Å². The highest BCUT2D eigenvalue weighted by Gasteiger charge is 2.11. The van der Waals surface area contributed by atoms with Crippen LogP contribution in [0, 0.1) is 6.92 Å². The molecule has 96 valence electrons. The van der Waals surface area contributed by atoms with Crippen molar-refractivity contribution >= 4 is 29.1 Å². The third kappa shape index (κ3) is 3.30. The maximum atomic E-state index is 10.7. The lowest BCUT2D eigenvalue weighted by molar-refractivity contribution is -0.136. The van der Waals surface area contributed by atoms with Gasteiger partial charge in [0.25, 0.3) is 0 Å². The summed E-state index contributed by atoms with van der Waals surface area (Å²) in [4.78, 5) is 15.8. The van der Waals surface area contributed by atoms with Gasteiger partial charge >= 0.3 is 5.97 Å². The zero-order valence-corrected chi connectivity index (χ0v) is 11.6. The molecule has 0 atom stereocenters. The molecule has 0 aliphatic carbocycles. The van der Waals surface area contributed by atoms with Crippen molar-refractivity contribution in [3.8, 4) is 0 Å². The van der Waals surface area contributed by atoms with Crippen LogP contribution in [0.25, 0.3) is 0 Å². The Hall–Kier alpha value is -1.41. The van der Waals surface area contributed by atoms with Crippen LogP contribution in [0.4, 0.5) is 0 Å². The lowest BCUT2D eigenvalue weighted by atomic mass is 10.3. The van der Waals surface area contributed by atoms with E-state index in [1.807, 2.05) is 20.2 Å². The maximum absolute atomic E-state index is 10.7.